The molecule has 18 heavy (non-hydrogen) atoms. The number of pyridine rings is 1. The van der Waals surface area contributed by atoms with Crippen molar-refractivity contribution < 1.29 is 4.39 Å². The molecule has 0 aliphatic carbocycles. The highest BCUT2D eigenvalue weighted by Gasteiger charge is 2.09. The summed E-state index contributed by atoms with van der Waals surface area (Å²) in [6, 6.07) is 10.4. The number of nitrogens with zero attached hydrogens (tertiary/aromatic N) is 3. The van der Waals surface area contributed by atoms with Crippen molar-refractivity contribution in [3.63, 3.8) is 0 Å². The second-order valence-corrected chi connectivity index (χ2v) is 4.77. The third-order valence-corrected chi connectivity index (χ3v) is 3.28. The number of fused-ring (bicyclic) bond motifs is 1. The van der Waals surface area contributed by atoms with E-state index in [-0.39, 0.29) is 5.82 Å². The Labute approximate surface area is 111 Å². The monoisotopic (exact) mass is 305 g/mol. The summed E-state index contributed by atoms with van der Waals surface area (Å²) in [4.78, 5) is 4.39. The van der Waals surface area contributed by atoms with Crippen LogP contribution < -0.4 is 0 Å². The zero-order valence-electron chi connectivity index (χ0n) is 9.35. The number of rotatable bonds is 2. The molecule has 0 N–H and O–H groups in total. The summed E-state index contributed by atoms with van der Waals surface area (Å²) in [5.41, 5.74) is 1.34. The summed E-state index contributed by atoms with van der Waals surface area (Å²) in [5, 5.41) is 4.32. The van der Waals surface area contributed by atoms with Gasteiger partial charge >= 0.3 is 0 Å². The van der Waals surface area contributed by atoms with Crippen molar-refractivity contribution in [2.75, 3.05) is 0 Å². The van der Waals surface area contributed by atoms with E-state index in [2.05, 4.69) is 26.0 Å². The molecule has 0 bridgehead atoms. The molecule has 2 aromatic heterocycles. The van der Waals surface area contributed by atoms with Gasteiger partial charge in [-0.25, -0.2) is 13.9 Å². The zero-order chi connectivity index (χ0) is 12.5. The zero-order valence-corrected chi connectivity index (χ0v) is 10.9. The highest BCUT2D eigenvalue weighted by Crippen LogP contribution is 2.17. The third kappa shape index (κ3) is 2.01. The highest BCUT2D eigenvalue weighted by atomic mass is 79.9. The predicted octanol–water partition coefficient (Wildman–Crippen LogP) is 3.22. The standard InChI is InChI=1S/C13H9BrFN3/c14-10-5-3-7-18-13(10)16-12(17-18)8-9-4-1-2-6-11(9)15/h1-7H,8H2. The second-order valence-electron chi connectivity index (χ2n) is 3.92. The van der Waals surface area contributed by atoms with Crippen molar-refractivity contribution in [1.29, 1.82) is 0 Å². The molecule has 0 aliphatic rings. The lowest BCUT2D eigenvalue weighted by molar-refractivity contribution is 0.612. The molecule has 0 saturated carbocycles. The van der Waals surface area contributed by atoms with Crippen molar-refractivity contribution in [2.45, 2.75) is 6.42 Å². The van der Waals surface area contributed by atoms with Crippen LogP contribution in [0.2, 0.25) is 0 Å². The molecule has 0 atom stereocenters. The predicted molar refractivity (Wildman–Crippen MR) is 69.9 cm³/mol. The van der Waals surface area contributed by atoms with Gasteiger partial charge in [-0.2, -0.15) is 5.10 Å². The molecule has 1 aromatic carbocycles. The van der Waals surface area contributed by atoms with E-state index in [4.69, 9.17) is 0 Å². The highest BCUT2D eigenvalue weighted by molar-refractivity contribution is 9.10. The molecule has 90 valence electrons. The van der Waals surface area contributed by atoms with Crippen molar-refractivity contribution in [2.24, 2.45) is 0 Å². The maximum absolute atomic E-state index is 13.5. The van der Waals surface area contributed by atoms with Gasteiger partial charge in [0, 0.05) is 12.6 Å². The van der Waals surface area contributed by atoms with E-state index in [0.717, 1.165) is 10.1 Å². The molecule has 0 amide bonds. The Kier molecular flexibility index (Phi) is 2.83. The lowest BCUT2D eigenvalue weighted by Crippen LogP contribution is -1.94. The number of hydrogen-bond acceptors (Lipinski definition) is 2. The number of hydrogen-bond donors (Lipinski definition) is 0. The molecule has 3 rings (SSSR count). The lowest BCUT2D eigenvalue weighted by Gasteiger charge is -1.97. The quantitative estimate of drug-likeness (QED) is 0.727. The van der Waals surface area contributed by atoms with Gasteiger partial charge in [-0.3, -0.25) is 0 Å². The summed E-state index contributed by atoms with van der Waals surface area (Å²) in [6.45, 7) is 0. The molecular weight excluding hydrogens is 297 g/mol. The number of halogens is 2. The molecule has 0 spiro atoms. The molecule has 0 fully saturated rings. The van der Waals surface area contributed by atoms with Crippen LogP contribution in [0.5, 0.6) is 0 Å². The molecule has 0 unspecified atom stereocenters. The summed E-state index contributed by atoms with van der Waals surface area (Å²) < 4.78 is 16.1. The Balaban J connectivity index is 2.01. The fraction of sp³-hybridized carbons (Fsp3) is 0.0769. The molecule has 0 radical (unpaired) electrons. The molecule has 3 aromatic rings. The molecule has 0 aliphatic heterocycles. The van der Waals surface area contributed by atoms with Gasteiger partial charge in [0.2, 0.25) is 0 Å². The fourth-order valence-corrected chi connectivity index (χ4v) is 2.23. The Morgan fingerprint density at radius 2 is 2.00 bits per heavy atom. The van der Waals surface area contributed by atoms with Gasteiger partial charge < -0.3 is 0 Å². The average Bonchev–Trinajstić information content (AvgIpc) is 2.76. The van der Waals surface area contributed by atoms with Gasteiger partial charge in [-0.05, 0) is 39.7 Å². The first-order chi connectivity index (χ1) is 8.74. The number of benzene rings is 1. The van der Waals surface area contributed by atoms with Crippen LogP contribution in [0.4, 0.5) is 4.39 Å². The van der Waals surface area contributed by atoms with Crippen LogP contribution in [0, 0.1) is 5.82 Å². The SMILES string of the molecule is Fc1ccccc1Cc1nc2c(Br)cccn2n1. The Morgan fingerprint density at radius 1 is 1.17 bits per heavy atom. The third-order valence-electron chi connectivity index (χ3n) is 2.66. The first-order valence-corrected chi connectivity index (χ1v) is 6.26. The lowest BCUT2D eigenvalue weighted by atomic mass is 10.1. The Hall–Kier alpha value is -1.75. The first kappa shape index (κ1) is 11.3. The molecule has 0 saturated heterocycles. The van der Waals surface area contributed by atoms with Gasteiger partial charge in [0.25, 0.3) is 0 Å². The Morgan fingerprint density at radius 3 is 2.78 bits per heavy atom. The molecule has 3 nitrogen and oxygen atoms in total. The van der Waals surface area contributed by atoms with Gasteiger partial charge in [-0.15, -0.1) is 0 Å². The van der Waals surface area contributed by atoms with Crippen LogP contribution in [0.15, 0.2) is 47.1 Å². The van der Waals surface area contributed by atoms with Crippen molar-refractivity contribution in [3.8, 4) is 0 Å². The smallest absolute Gasteiger partial charge is 0.169 e. The van der Waals surface area contributed by atoms with E-state index >= 15 is 0 Å². The minimum atomic E-state index is -0.226. The number of aromatic nitrogens is 3. The maximum atomic E-state index is 13.5. The van der Waals surface area contributed by atoms with Crippen LogP contribution in [-0.4, -0.2) is 14.6 Å². The van der Waals surface area contributed by atoms with Crippen LogP contribution in [0.1, 0.15) is 11.4 Å². The van der Waals surface area contributed by atoms with Crippen LogP contribution in [0.25, 0.3) is 5.65 Å². The van der Waals surface area contributed by atoms with Crippen LogP contribution in [-0.2, 0) is 6.42 Å². The summed E-state index contributed by atoms with van der Waals surface area (Å²) in [5.74, 6) is 0.377. The van der Waals surface area contributed by atoms with E-state index in [1.807, 2.05) is 24.4 Å². The van der Waals surface area contributed by atoms with E-state index in [1.165, 1.54) is 6.07 Å². The van der Waals surface area contributed by atoms with Gasteiger partial charge in [-0.1, -0.05) is 18.2 Å². The van der Waals surface area contributed by atoms with E-state index in [0.29, 0.717) is 17.8 Å². The maximum Gasteiger partial charge on any atom is 0.169 e. The minimum Gasteiger partial charge on any atom is -0.220 e. The minimum absolute atomic E-state index is 0.226. The van der Waals surface area contributed by atoms with E-state index in [9.17, 15) is 4.39 Å². The van der Waals surface area contributed by atoms with Crippen LogP contribution in [0.3, 0.4) is 0 Å². The van der Waals surface area contributed by atoms with E-state index in [1.54, 1.807) is 16.6 Å². The van der Waals surface area contributed by atoms with Crippen molar-refractivity contribution in [3.05, 3.63) is 64.3 Å². The van der Waals surface area contributed by atoms with Crippen molar-refractivity contribution in [1.82, 2.24) is 14.6 Å². The Bertz CT molecular complexity index is 708. The fourth-order valence-electron chi connectivity index (χ4n) is 1.80. The van der Waals surface area contributed by atoms with Crippen LogP contribution >= 0.6 is 15.9 Å². The van der Waals surface area contributed by atoms with Gasteiger partial charge in [0.1, 0.15) is 5.82 Å². The van der Waals surface area contributed by atoms with Gasteiger partial charge in [0.05, 0.1) is 4.47 Å². The summed E-state index contributed by atoms with van der Waals surface area (Å²) in [7, 11) is 0. The van der Waals surface area contributed by atoms with E-state index < -0.39 is 0 Å². The molecular formula is C13H9BrFN3. The molecule has 5 heteroatoms. The summed E-state index contributed by atoms with van der Waals surface area (Å²) >= 11 is 3.41. The topological polar surface area (TPSA) is 30.2 Å². The molecule has 2 heterocycles. The largest absolute Gasteiger partial charge is 0.220 e. The summed E-state index contributed by atoms with van der Waals surface area (Å²) in [6.07, 6.45) is 2.21. The second kappa shape index (κ2) is 4.49. The van der Waals surface area contributed by atoms with Gasteiger partial charge in [0.15, 0.2) is 11.5 Å². The first-order valence-electron chi connectivity index (χ1n) is 5.47. The average molecular weight is 306 g/mol. The van der Waals surface area contributed by atoms with Crippen molar-refractivity contribution >= 4 is 21.6 Å². The normalized spacial score (nSPS) is 11.0.